The second-order valence-electron chi connectivity index (χ2n) is 3.22. The van der Waals surface area contributed by atoms with Crippen molar-refractivity contribution in [3.8, 4) is 5.75 Å². The number of hydrogen-bond donors (Lipinski definition) is 0. The molecule has 0 spiro atoms. The van der Waals surface area contributed by atoms with E-state index in [1.807, 2.05) is 19.1 Å². The van der Waals surface area contributed by atoms with Gasteiger partial charge in [0.15, 0.2) is 0 Å². The number of carbonyl (C=O) groups excluding carboxylic acids is 1. The fourth-order valence-electron chi connectivity index (χ4n) is 1.12. The van der Waals surface area contributed by atoms with Crippen molar-refractivity contribution in [1.82, 2.24) is 0 Å². The third kappa shape index (κ3) is 3.78. The lowest BCUT2D eigenvalue weighted by molar-refractivity contribution is -0.138. The molecule has 0 bridgehead atoms. The number of esters is 1. The molecule has 0 fully saturated rings. The molecule has 0 N–H and O–H groups in total. The van der Waals surface area contributed by atoms with Crippen molar-refractivity contribution in [2.24, 2.45) is 0 Å². The van der Waals surface area contributed by atoms with Gasteiger partial charge >= 0.3 is 5.97 Å². The van der Waals surface area contributed by atoms with Crippen LogP contribution in [0.1, 0.15) is 5.56 Å². The lowest BCUT2D eigenvalue weighted by atomic mass is 10.2. The first kappa shape index (κ1) is 13.6. The van der Waals surface area contributed by atoms with Crippen LogP contribution in [0.25, 0.3) is 0 Å². The highest BCUT2D eigenvalue weighted by Crippen LogP contribution is 2.24. The lowest BCUT2D eigenvalue weighted by Crippen LogP contribution is -2.11. The molecule has 0 aliphatic rings. The summed E-state index contributed by atoms with van der Waals surface area (Å²) in [6, 6.07) is 5.53. The first-order valence-corrected chi connectivity index (χ1v) is 5.63. The smallest absolute Gasteiger partial charge is 0.377 e. The molecule has 1 aromatic rings. The molecule has 0 unspecified atom stereocenters. The van der Waals surface area contributed by atoms with Crippen LogP contribution in [0.3, 0.4) is 0 Å². The predicted octanol–water partition coefficient (Wildman–Crippen LogP) is 2.80. The van der Waals surface area contributed by atoms with E-state index in [0.29, 0.717) is 5.75 Å². The Labute approximate surface area is 108 Å². The van der Waals surface area contributed by atoms with Gasteiger partial charge in [-0.15, -0.1) is 0 Å². The van der Waals surface area contributed by atoms with Crippen LogP contribution in [-0.2, 0) is 14.3 Å². The molecule has 0 aliphatic carbocycles. The number of ether oxygens (including phenoxy) is 3. The average Bonchev–Trinajstić information content (AvgIpc) is 2.32. The minimum Gasteiger partial charge on any atom is -0.500 e. The van der Waals surface area contributed by atoms with Crippen molar-refractivity contribution in [2.45, 2.75) is 6.92 Å². The largest absolute Gasteiger partial charge is 0.500 e. The summed E-state index contributed by atoms with van der Waals surface area (Å²) < 4.78 is 15.7. The highest BCUT2D eigenvalue weighted by molar-refractivity contribution is 9.10. The van der Waals surface area contributed by atoms with Gasteiger partial charge in [0, 0.05) is 4.47 Å². The SMILES string of the molecule is CO/C=C(\Oc1cc(Br)ccc1C)C(=O)OC. The van der Waals surface area contributed by atoms with Crippen molar-refractivity contribution in [1.29, 1.82) is 0 Å². The summed E-state index contributed by atoms with van der Waals surface area (Å²) in [5.74, 6) is -0.0319. The zero-order valence-corrected chi connectivity index (χ0v) is 11.4. The number of hydrogen-bond acceptors (Lipinski definition) is 4. The van der Waals surface area contributed by atoms with Gasteiger partial charge < -0.3 is 14.2 Å². The Balaban J connectivity index is 2.97. The van der Waals surface area contributed by atoms with E-state index in [2.05, 4.69) is 20.7 Å². The topological polar surface area (TPSA) is 44.8 Å². The zero-order valence-electron chi connectivity index (χ0n) is 9.82. The van der Waals surface area contributed by atoms with Crippen LogP contribution in [0.2, 0.25) is 0 Å². The van der Waals surface area contributed by atoms with E-state index in [4.69, 9.17) is 9.47 Å². The van der Waals surface area contributed by atoms with E-state index in [-0.39, 0.29) is 5.76 Å². The van der Waals surface area contributed by atoms with Gasteiger partial charge in [-0.1, -0.05) is 22.0 Å². The van der Waals surface area contributed by atoms with Crippen LogP contribution >= 0.6 is 15.9 Å². The Kier molecular flexibility index (Phi) is 5.03. The summed E-state index contributed by atoms with van der Waals surface area (Å²) in [5, 5.41) is 0. The van der Waals surface area contributed by atoms with E-state index in [0.717, 1.165) is 10.0 Å². The fourth-order valence-corrected chi connectivity index (χ4v) is 1.46. The molecule has 0 aromatic heterocycles. The van der Waals surface area contributed by atoms with Crippen LogP contribution in [0.15, 0.2) is 34.7 Å². The van der Waals surface area contributed by atoms with Gasteiger partial charge in [-0.05, 0) is 24.6 Å². The van der Waals surface area contributed by atoms with Gasteiger partial charge in [-0.3, -0.25) is 0 Å². The van der Waals surface area contributed by atoms with E-state index in [9.17, 15) is 4.79 Å². The standard InChI is InChI=1S/C12H13BrO4/c1-8-4-5-9(13)6-10(8)17-11(7-15-2)12(14)16-3/h4-7H,1-3H3/b11-7-. The van der Waals surface area contributed by atoms with Crippen LogP contribution in [0.5, 0.6) is 5.75 Å². The quantitative estimate of drug-likeness (QED) is 0.487. The molecule has 0 aliphatic heterocycles. The van der Waals surface area contributed by atoms with Crippen LogP contribution in [0.4, 0.5) is 0 Å². The molecule has 0 heterocycles. The molecule has 17 heavy (non-hydrogen) atoms. The van der Waals surface area contributed by atoms with Gasteiger partial charge in [-0.2, -0.15) is 0 Å². The molecule has 0 amide bonds. The summed E-state index contributed by atoms with van der Waals surface area (Å²) in [4.78, 5) is 11.4. The highest BCUT2D eigenvalue weighted by Gasteiger charge is 2.14. The van der Waals surface area contributed by atoms with Gasteiger partial charge in [0.25, 0.3) is 0 Å². The van der Waals surface area contributed by atoms with Crippen molar-refractivity contribution in [3.05, 3.63) is 40.3 Å². The number of methoxy groups -OCH3 is 2. The fraction of sp³-hybridized carbons (Fsp3) is 0.250. The summed E-state index contributed by atoms with van der Waals surface area (Å²) in [6.45, 7) is 1.88. The van der Waals surface area contributed by atoms with E-state index < -0.39 is 5.97 Å². The summed E-state index contributed by atoms with van der Waals surface area (Å²) in [5.41, 5.74) is 0.902. The molecule has 1 aromatic carbocycles. The van der Waals surface area contributed by atoms with Crippen molar-refractivity contribution >= 4 is 21.9 Å². The summed E-state index contributed by atoms with van der Waals surface area (Å²) >= 11 is 3.33. The maximum Gasteiger partial charge on any atom is 0.377 e. The number of halogens is 1. The highest BCUT2D eigenvalue weighted by atomic mass is 79.9. The molecule has 5 heteroatoms. The second kappa shape index (κ2) is 6.30. The Morgan fingerprint density at radius 2 is 2.06 bits per heavy atom. The van der Waals surface area contributed by atoms with E-state index >= 15 is 0 Å². The average molecular weight is 301 g/mol. The van der Waals surface area contributed by atoms with Gasteiger partial charge in [0.1, 0.15) is 12.0 Å². The molecule has 92 valence electrons. The third-order valence-electron chi connectivity index (χ3n) is 1.98. The van der Waals surface area contributed by atoms with Gasteiger partial charge in [-0.25, -0.2) is 4.79 Å². The maximum absolute atomic E-state index is 11.4. The lowest BCUT2D eigenvalue weighted by Gasteiger charge is -2.10. The minimum absolute atomic E-state index is 0.00352. The van der Waals surface area contributed by atoms with Crippen LogP contribution in [-0.4, -0.2) is 20.2 Å². The number of rotatable bonds is 4. The molecule has 0 saturated heterocycles. The molecule has 1 rings (SSSR count). The third-order valence-corrected chi connectivity index (χ3v) is 2.47. The second-order valence-corrected chi connectivity index (χ2v) is 4.14. The van der Waals surface area contributed by atoms with Crippen LogP contribution in [0, 0.1) is 6.92 Å². The Bertz CT molecular complexity index is 440. The monoisotopic (exact) mass is 300 g/mol. The summed E-state index contributed by atoms with van der Waals surface area (Å²) in [7, 11) is 2.71. The molecular formula is C12H13BrO4. The normalized spacial score (nSPS) is 10.9. The number of aryl methyl sites for hydroxylation is 1. The molecule has 0 radical (unpaired) electrons. The number of carbonyl (C=O) groups is 1. The Morgan fingerprint density at radius 1 is 1.35 bits per heavy atom. The predicted molar refractivity (Wildman–Crippen MR) is 66.6 cm³/mol. The van der Waals surface area contributed by atoms with Gasteiger partial charge in [0.2, 0.25) is 5.76 Å². The first-order valence-electron chi connectivity index (χ1n) is 4.83. The Morgan fingerprint density at radius 3 is 2.65 bits per heavy atom. The van der Waals surface area contributed by atoms with Gasteiger partial charge in [0.05, 0.1) is 14.2 Å². The zero-order chi connectivity index (χ0) is 12.8. The molecule has 4 nitrogen and oxygen atoms in total. The van der Waals surface area contributed by atoms with E-state index in [1.54, 1.807) is 6.07 Å². The molecular weight excluding hydrogens is 288 g/mol. The first-order chi connectivity index (χ1) is 8.08. The van der Waals surface area contributed by atoms with E-state index in [1.165, 1.54) is 20.5 Å². The van der Waals surface area contributed by atoms with Crippen molar-refractivity contribution in [3.63, 3.8) is 0 Å². The van der Waals surface area contributed by atoms with Crippen LogP contribution < -0.4 is 4.74 Å². The van der Waals surface area contributed by atoms with Crippen molar-refractivity contribution < 1.29 is 19.0 Å². The number of benzene rings is 1. The molecule has 0 saturated carbocycles. The minimum atomic E-state index is -0.591. The maximum atomic E-state index is 11.4. The Hall–Kier alpha value is -1.49. The molecule has 0 atom stereocenters. The summed E-state index contributed by atoms with van der Waals surface area (Å²) in [6.07, 6.45) is 1.20. The van der Waals surface area contributed by atoms with Crippen molar-refractivity contribution in [2.75, 3.05) is 14.2 Å².